The van der Waals surface area contributed by atoms with Gasteiger partial charge in [-0.1, -0.05) is 6.42 Å². The number of carbonyl (C=O) groups excluding carboxylic acids is 3. The Hall–Kier alpha value is -2.80. The van der Waals surface area contributed by atoms with E-state index in [0.29, 0.717) is 24.2 Å². The van der Waals surface area contributed by atoms with Gasteiger partial charge in [-0.05, 0) is 31.0 Å². The summed E-state index contributed by atoms with van der Waals surface area (Å²) in [6, 6.07) is 0.737. The highest BCUT2D eigenvalue weighted by molar-refractivity contribution is 6.10. The maximum Gasteiger partial charge on any atom is 0.401 e. The molecule has 0 unspecified atom stereocenters. The van der Waals surface area contributed by atoms with Crippen LogP contribution in [0.2, 0.25) is 0 Å². The van der Waals surface area contributed by atoms with E-state index < -0.39 is 60.2 Å². The van der Waals surface area contributed by atoms with E-state index in [0.717, 1.165) is 12.1 Å². The van der Waals surface area contributed by atoms with Crippen molar-refractivity contribution in [2.45, 2.75) is 43.9 Å². The van der Waals surface area contributed by atoms with Gasteiger partial charge in [0.15, 0.2) is 6.04 Å². The SMILES string of the molecule is NC(=O)[C@@H](C(=O)Nc1ccc(N2CCOCC2=O)cc1C(F)F)N(CC(F)(F)F)C1CCC1. The summed E-state index contributed by atoms with van der Waals surface area (Å²) in [4.78, 5) is 38.7. The molecule has 2 fully saturated rings. The van der Waals surface area contributed by atoms with Crippen LogP contribution in [0, 0.1) is 0 Å². The molecule has 1 aliphatic heterocycles. The number of primary amides is 1. The first-order valence-corrected chi connectivity index (χ1v) is 10.2. The fourth-order valence-corrected chi connectivity index (χ4v) is 3.80. The van der Waals surface area contributed by atoms with E-state index in [2.05, 4.69) is 5.32 Å². The molecule has 0 radical (unpaired) electrons. The third kappa shape index (κ3) is 5.96. The second kappa shape index (κ2) is 10.00. The Bertz CT molecular complexity index is 907. The summed E-state index contributed by atoms with van der Waals surface area (Å²) in [5, 5.41) is 2.13. The van der Waals surface area contributed by atoms with E-state index in [-0.39, 0.29) is 25.4 Å². The van der Waals surface area contributed by atoms with Gasteiger partial charge in [0.1, 0.15) is 6.61 Å². The molecule has 182 valence electrons. The average Bonchev–Trinajstić information content (AvgIpc) is 2.65. The Morgan fingerprint density at radius 1 is 1.27 bits per heavy atom. The summed E-state index contributed by atoms with van der Waals surface area (Å²) in [5.74, 6) is -3.00. The van der Waals surface area contributed by atoms with Crippen molar-refractivity contribution in [3.63, 3.8) is 0 Å². The smallest absolute Gasteiger partial charge is 0.370 e. The van der Waals surface area contributed by atoms with Gasteiger partial charge in [-0.3, -0.25) is 19.3 Å². The molecule has 1 heterocycles. The molecular weight excluding hydrogens is 455 g/mol. The zero-order valence-electron chi connectivity index (χ0n) is 17.4. The van der Waals surface area contributed by atoms with Crippen LogP contribution in [0.15, 0.2) is 18.2 Å². The molecule has 1 aromatic carbocycles. The number of carbonyl (C=O) groups is 3. The van der Waals surface area contributed by atoms with Gasteiger partial charge in [0, 0.05) is 29.5 Å². The number of nitrogens with two attached hydrogens (primary N) is 1. The van der Waals surface area contributed by atoms with Crippen LogP contribution in [0.3, 0.4) is 0 Å². The van der Waals surface area contributed by atoms with Gasteiger partial charge in [-0.2, -0.15) is 13.2 Å². The number of amides is 3. The van der Waals surface area contributed by atoms with Gasteiger partial charge >= 0.3 is 6.18 Å². The molecule has 3 rings (SSSR count). The number of alkyl halides is 5. The predicted octanol–water partition coefficient (Wildman–Crippen LogP) is 2.20. The first-order chi connectivity index (χ1) is 15.5. The minimum Gasteiger partial charge on any atom is -0.370 e. The Morgan fingerprint density at radius 3 is 2.48 bits per heavy atom. The molecule has 0 spiro atoms. The summed E-state index contributed by atoms with van der Waals surface area (Å²) in [7, 11) is 0. The van der Waals surface area contributed by atoms with E-state index in [1.807, 2.05) is 0 Å². The highest BCUT2D eigenvalue weighted by Crippen LogP contribution is 2.33. The standard InChI is InChI=1S/C20H23F5N4O4/c21-17(22)13-8-12(28-6-7-33-9-15(28)30)4-5-14(13)27-19(32)16(18(26)31)29(10-20(23,24)25)11-2-1-3-11/h4-5,8,11,16-17H,1-3,6-7,9-10H2,(H2,26,31)(H,27,32)/t16-/m0/s1. The Kier molecular flexibility index (Phi) is 7.52. The minimum absolute atomic E-state index is 0.144. The third-order valence-electron chi connectivity index (χ3n) is 5.58. The lowest BCUT2D eigenvalue weighted by atomic mass is 9.90. The van der Waals surface area contributed by atoms with E-state index >= 15 is 0 Å². The van der Waals surface area contributed by atoms with Crippen LogP contribution >= 0.6 is 0 Å². The van der Waals surface area contributed by atoms with Crippen LogP contribution in [-0.4, -0.2) is 67.2 Å². The largest absolute Gasteiger partial charge is 0.401 e. The number of ether oxygens (including phenoxy) is 1. The van der Waals surface area contributed by atoms with Crippen molar-refractivity contribution in [1.82, 2.24) is 4.90 Å². The molecule has 13 heteroatoms. The lowest BCUT2D eigenvalue weighted by molar-refractivity contribution is -0.165. The Morgan fingerprint density at radius 2 is 1.97 bits per heavy atom. The molecular formula is C20H23F5N4O4. The van der Waals surface area contributed by atoms with Gasteiger partial charge in [0.25, 0.3) is 18.2 Å². The van der Waals surface area contributed by atoms with Crippen LogP contribution in [0.5, 0.6) is 0 Å². The monoisotopic (exact) mass is 478 g/mol. The first-order valence-electron chi connectivity index (χ1n) is 10.2. The molecule has 3 N–H and O–H groups in total. The summed E-state index contributed by atoms with van der Waals surface area (Å²) < 4.78 is 71.7. The normalized spacial score (nSPS) is 18.4. The molecule has 3 amide bonds. The molecule has 1 aliphatic carbocycles. The Balaban J connectivity index is 1.87. The number of anilines is 2. The van der Waals surface area contributed by atoms with Gasteiger partial charge < -0.3 is 20.7 Å². The minimum atomic E-state index is -4.70. The van der Waals surface area contributed by atoms with Crippen molar-refractivity contribution >= 4 is 29.1 Å². The fraction of sp³-hybridized carbons (Fsp3) is 0.550. The van der Waals surface area contributed by atoms with Crippen molar-refractivity contribution in [1.29, 1.82) is 0 Å². The maximum atomic E-state index is 13.7. The quantitative estimate of drug-likeness (QED) is 0.440. The number of morpholine rings is 1. The fourth-order valence-electron chi connectivity index (χ4n) is 3.80. The predicted molar refractivity (Wildman–Crippen MR) is 107 cm³/mol. The molecule has 1 aromatic rings. The first kappa shape index (κ1) is 24.8. The summed E-state index contributed by atoms with van der Waals surface area (Å²) in [5.41, 5.74) is 4.34. The number of halogens is 5. The van der Waals surface area contributed by atoms with Crippen LogP contribution in [-0.2, 0) is 19.1 Å². The molecule has 1 saturated carbocycles. The molecule has 1 atom stereocenters. The van der Waals surface area contributed by atoms with E-state index in [1.54, 1.807) is 0 Å². The molecule has 2 aliphatic rings. The van der Waals surface area contributed by atoms with E-state index in [1.165, 1.54) is 11.0 Å². The lowest BCUT2D eigenvalue weighted by Crippen LogP contribution is -2.59. The van der Waals surface area contributed by atoms with Crippen LogP contribution in [0.4, 0.5) is 33.3 Å². The molecule has 0 aromatic heterocycles. The van der Waals surface area contributed by atoms with Gasteiger partial charge in [-0.15, -0.1) is 0 Å². The number of rotatable bonds is 8. The summed E-state index contributed by atoms with van der Waals surface area (Å²) in [6.07, 6.45) is -6.47. The molecule has 33 heavy (non-hydrogen) atoms. The van der Waals surface area contributed by atoms with Crippen LogP contribution < -0.4 is 16.0 Å². The van der Waals surface area contributed by atoms with E-state index in [4.69, 9.17) is 10.5 Å². The maximum absolute atomic E-state index is 13.7. The van der Waals surface area contributed by atoms with Crippen molar-refractivity contribution in [3.05, 3.63) is 23.8 Å². The van der Waals surface area contributed by atoms with Crippen molar-refractivity contribution in [3.8, 4) is 0 Å². The third-order valence-corrected chi connectivity index (χ3v) is 5.58. The second-order valence-corrected chi connectivity index (χ2v) is 7.84. The Labute approximate surface area is 185 Å². The number of benzene rings is 1. The second-order valence-electron chi connectivity index (χ2n) is 7.84. The molecule has 8 nitrogen and oxygen atoms in total. The van der Waals surface area contributed by atoms with Gasteiger partial charge in [0.2, 0.25) is 5.91 Å². The lowest BCUT2D eigenvalue weighted by Gasteiger charge is -2.40. The van der Waals surface area contributed by atoms with Crippen molar-refractivity contribution < 1.29 is 41.1 Å². The molecule has 1 saturated heterocycles. The summed E-state index contributed by atoms with van der Waals surface area (Å²) in [6.45, 7) is -1.40. The highest BCUT2D eigenvalue weighted by Gasteiger charge is 2.44. The van der Waals surface area contributed by atoms with Gasteiger partial charge in [0.05, 0.1) is 13.2 Å². The number of hydrogen-bond donors (Lipinski definition) is 2. The highest BCUT2D eigenvalue weighted by atomic mass is 19.4. The number of nitrogens with one attached hydrogen (secondary N) is 1. The zero-order chi connectivity index (χ0) is 24.3. The van der Waals surface area contributed by atoms with Gasteiger partial charge in [-0.25, -0.2) is 8.78 Å². The zero-order valence-corrected chi connectivity index (χ0v) is 17.4. The average molecular weight is 478 g/mol. The molecule has 0 bridgehead atoms. The topological polar surface area (TPSA) is 105 Å². The van der Waals surface area contributed by atoms with Crippen molar-refractivity contribution in [2.75, 3.05) is 36.5 Å². The summed E-state index contributed by atoms with van der Waals surface area (Å²) >= 11 is 0. The van der Waals surface area contributed by atoms with Crippen molar-refractivity contribution in [2.24, 2.45) is 5.73 Å². The van der Waals surface area contributed by atoms with E-state index in [9.17, 15) is 36.3 Å². The number of nitrogens with zero attached hydrogens (tertiary/aromatic N) is 2. The van der Waals surface area contributed by atoms with Crippen LogP contribution in [0.25, 0.3) is 0 Å². The van der Waals surface area contributed by atoms with Crippen LogP contribution in [0.1, 0.15) is 31.3 Å². The number of hydrogen-bond acceptors (Lipinski definition) is 5.